The molecular weight excluding hydrogens is 400 g/mol. The Hall–Kier alpha value is -3.15. The minimum atomic E-state index is -0.0886. The third-order valence-corrected chi connectivity index (χ3v) is 6.54. The SMILES string of the molecule is Cc1cccc(NC(=O)Cn2c(CCNC(=O)C3CCCCC3)nc3ccccc32)c1C. The van der Waals surface area contributed by atoms with E-state index in [2.05, 4.69) is 10.6 Å². The molecule has 4 rings (SSSR count). The molecule has 1 heterocycles. The molecule has 1 aliphatic rings. The Balaban J connectivity index is 1.45. The van der Waals surface area contributed by atoms with Gasteiger partial charge in [-0.15, -0.1) is 0 Å². The first-order valence-electron chi connectivity index (χ1n) is 11.6. The highest BCUT2D eigenvalue weighted by Crippen LogP contribution is 2.24. The number of carbonyl (C=O) groups excluding carboxylic acids is 2. The van der Waals surface area contributed by atoms with Gasteiger partial charge in [0.1, 0.15) is 12.4 Å². The van der Waals surface area contributed by atoms with Crippen molar-refractivity contribution in [2.24, 2.45) is 5.92 Å². The topological polar surface area (TPSA) is 76.0 Å². The van der Waals surface area contributed by atoms with Crippen LogP contribution in [0.5, 0.6) is 0 Å². The van der Waals surface area contributed by atoms with Gasteiger partial charge in [-0.3, -0.25) is 9.59 Å². The van der Waals surface area contributed by atoms with E-state index in [9.17, 15) is 9.59 Å². The van der Waals surface area contributed by atoms with Crippen LogP contribution in [-0.4, -0.2) is 27.9 Å². The molecule has 3 aromatic rings. The van der Waals surface area contributed by atoms with E-state index in [0.29, 0.717) is 13.0 Å². The van der Waals surface area contributed by atoms with E-state index in [0.717, 1.165) is 59.4 Å². The number of benzene rings is 2. The van der Waals surface area contributed by atoms with E-state index in [-0.39, 0.29) is 24.3 Å². The number of aryl methyl sites for hydroxylation is 1. The lowest BCUT2D eigenvalue weighted by atomic mass is 9.89. The van der Waals surface area contributed by atoms with Gasteiger partial charge in [0.25, 0.3) is 0 Å². The van der Waals surface area contributed by atoms with E-state index in [1.165, 1.54) is 6.42 Å². The summed E-state index contributed by atoms with van der Waals surface area (Å²) in [4.78, 5) is 30.1. The summed E-state index contributed by atoms with van der Waals surface area (Å²) < 4.78 is 1.96. The Bertz CT molecular complexity index is 1110. The summed E-state index contributed by atoms with van der Waals surface area (Å²) in [5.74, 6) is 1.02. The number of fused-ring (bicyclic) bond motifs is 1. The van der Waals surface area contributed by atoms with Gasteiger partial charge in [-0.1, -0.05) is 43.5 Å². The zero-order chi connectivity index (χ0) is 22.5. The van der Waals surface area contributed by atoms with Crippen molar-refractivity contribution < 1.29 is 9.59 Å². The van der Waals surface area contributed by atoms with E-state index >= 15 is 0 Å². The Labute approximate surface area is 189 Å². The maximum Gasteiger partial charge on any atom is 0.244 e. The smallest absolute Gasteiger partial charge is 0.244 e. The molecule has 6 nitrogen and oxygen atoms in total. The predicted octanol–water partition coefficient (Wildman–Crippen LogP) is 4.53. The lowest BCUT2D eigenvalue weighted by Crippen LogP contribution is -2.33. The number of anilines is 1. The number of nitrogens with zero attached hydrogens (tertiary/aromatic N) is 2. The summed E-state index contributed by atoms with van der Waals surface area (Å²) in [6, 6.07) is 13.8. The van der Waals surface area contributed by atoms with E-state index < -0.39 is 0 Å². The molecule has 0 bridgehead atoms. The van der Waals surface area contributed by atoms with Crippen molar-refractivity contribution in [3.8, 4) is 0 Å². The predicted molar refractivity (Wildman–Crippen MR) is 128 cm³/mol. The Kier molecular flexibility index (Phi) is 6.88. The van der Waals surface area contributed by atoms with Gasteiger partial charge in [0.2, 0.25) is 11.8 Å². The van der Waals surface area contributed by atoms with Gasteiger partial charge >= 0.3 is 0 Å². The molecule has 0 spiro atoms. The van der Waals surface area contributed by atoms with Crippen molar-refractivity contribution in [3.63, 3.8) is 0 Å². The summed E-state index contributed by atoms with van der Waals surface area (Å²) in [7, 11) is 0. The number of rotatable bonds is 7. The van der Waals surface area contributed by atoms with E-state index in [4.69, 9.17) is 4.98 Å². The van der Waals surface area contributed by atoms with E-state index in [1.54, 1.807) is 0 Å². The zero-order valence-electron chi connectivity index (χ0n) is 19.0. The van der Waals surface area contributed by atoms with Crippen molar-refractivity contribution in [1.82, 2.24) is 14.9 Å². The number of amides is 2. The fourth-order valence-corrected chi connectivity index (χ4v) is 4.52. The van der Waals surface area contributed by atoms with Crippen LogP contribution in [-0.2, 0) is 22.6 Å². The molecule has 32 heavy (non-hydrogen) atoms. The third kappa shape index (κ3) is 5.01. The quantitative estimate of drug-likeness (QED) is 0.576. The standard InChI is InChI=1S/C26H32N4O2/c1-18-9-8-13-21(19(18)2)29-25(31)17-30-23-14-7-6-12-22(23)28-24(30)15-16-27-26(32)20-10-4-3-5-11-20/h6-9,12-14,20H,3-5,10-11,15-17H2,1-2H3,(H,27,32)(H,29,31). The Morgan fingerprint density at radius 2 is 1.81 bits per heavy atom. The summed E-state index contributed by atoms with van der Waals surface area (Å²) in [6.07, 6.45) is 6.08. The monoisotopic (exact) mass is 432 g/mol. The van der Waals surface area contributed by atoms with Crippen LogP contribution in [0.4, 0.5) is 5.69 Å². The van der Waals surface area contributed by atoms with Gasteiger partial charge in [-0.25, -0.2) is 4.98 Å². The molecule has 0 saturated heterocycles. The molecule has 168 valence electrons. The second kappa shape index (κ2) is 9.98. The average molecular weight is 433 g/mol. The first kappa shape index (κ1) is 22.1. The molecule has 1 aromatic heterocycles. The molecule has 2 amide bonds. The third-order valence-electron chi connectivity index (χ3n) is 6.54. The van der Waals surface area contributed by atoms with Crippen molar-refractivity contribution in [2.75, 3.05) is 11.9 Å². The minimum Gasteiger partial charge on any atom is -0.355 e. The van der Waals surface area contributed by atoms with Gasteiger partial charge in [-0.2, -0.15) is 0 Å². The number of imidazole rings is 1. The number of aromatic nitrogens is 2. The lowest BCUT2D eigenvalue weighted by molar-refractivity contribution is -0.125. The normalized spacial score (nSPS) is 14.4. The second-order valence-electron chi connectivity index (χ2n) is 8.77. The highest BCUT2D eigenvalue weighted by Gasteiger charge is 2.21. The van der Waals surface area contributed by atoms with Crippen LogP contribution < -0.4 is 10.6 Å². The molecule has 2 aromatic carbocycles. The van der Waals surface area contributed by atoms with Gasteiger partial charge < -0.3 is 15.2 Å². The van der Waals surface area contributed by atoms with Gasteiger partial charge in [0.05, 0.1) is 11.0 Å². The van der Waals surface area contributed by atoms with Crippen molar-refractivity contribution in [1.29, 1.82) is 0 Å². The largest absolute Gasteiger partial charge is 0.355 e. The molecule has 2 N–H and O–H groups in total. The summed E-state index contributed by atoms with van der Waals surface area (Å²) >= 11 is 0. The maximum atomic E-state index is 12.9. The Morgan fingerprint density at radius 1 is 1.03 bits per heavy atom. The fraction of sp³-hybridized carbons (Fsp3) is 0.423. The van der Waals surface area contributed by atoms with Crippen molar-refractivity contribution in [3.05, 3.63) is 59.4 Å². The van der Waals surface area contributed by atoms with Crippen LogP contribution in [0.1, 0.15) is 49.1 Å². The average Bonchev–Trinajstić information content (AvgIpc) is 3.14. The highest BCUT2D eigenvalue weighted by molar-refractivity contribution is 5.92. The molecule has 1 fully saturated rings. The molecule has 1 saturated carbocycles. The number of nitrogens with one attached hydrogen (secondary N) is 2. The van der Waals surface area contributed by atoms with Crippen LogP contribution in [0, 0.1) is 19.8 Å². The van der Waals surface area contributed by atoms with Crippen molar-refractivity contribution in [2.45, 2.75) is 58.9 Å². The summed E-state index contributed by atoms with van der Waals surface area (Å²) in [5, 5.41) is 6.13. The van der Waals surface area contributed by atoms with Crippen LogP contribution in [0.25, 0.3) is 11.0 Å². The minimum absolute atomic E-state index is 0.0886. The maximum absolute atomic E-state index is 12.9. The van der Waals surface area contributed by atoms with Crippen LogP contribution >= 0.6 is 0 Å². The van der Waals surface area contributed by atoms with Gasteiger partial charge in [-0.05, 0) is 56.0 Å². The molecule has 1 aliphatic carbocycles. The van der Waals surface area contributed by atoms with Crippen molar-refractivity contribution >= 4 is 28.5 Å². The second-order valence-corrected chi connectivity index (χ2v) is 8.77. The van der Waals surface area contributed by atoms with Crippen LogP contribution in [0.15, 0.2) is 42.5 Å². The first-order chi connectivity index (χ1) is 15.5. The number of para-hydroxylation sites is 2. The highest BCUT2D eigenvalue weighted by atomic mass is 16.2. The molecular formula is C26H32N4O2. The lowest BCUT2D eigenvalue weighted by Gasteiger charge is -2.20. The van der Waals surface area contributed by atoms with Gasteiger partial charge in [0, 0.05) is 24.6 Å². The number of carbonyl (C=O) groups is 2. The fourth-order valence-electron chi connectivity index (χ4n) is 4.52. The molecule has 0 atom stereocenters. The van der Waals surface area contributed by atoms with E-state index in [1.807, 2.05) is 60.9 Å². The summed E-state index contributed by atoms with van der Waals surface area (Å²) in [6.45, 7) is 4.75. The Morgan fingerprint density at radius 3 is 2.62 bits per heavy atom. The number of hydrogen-bond donors (Lipinski definition) is 2. The number of hydrogen-bond acceptors (Lipinski definition) is 3. The van der Waals surface area contributed by atoms with Gasteiger partial charge in [0.15, 0.2) is 0 Å². The van der Waals surface area contributed by atoms with Crippen LogP contribution in [0.2, 0.25) is 0 Å². The molecule has 6 heteroatoms. The molecule has 0 radical (unpaired) electrons. The molecule has 0 unspecified atom stereocenters. The zero-order valence-corrected chi connectivity index (χ0v) is 19.0. The summed E-state index contributed by atoms with van der Waals surface area (Å²) in [5.41, 5.74) is 4.84. The molecule has 0 aliphatic heterocycles. The first-order valence-corrected chi connectivity index (χ1v) is 11.6. The van der Waals surface area contributed by atoms with Crippen LogP contribution in [0.3, 0.4) is 0 Å².